The van der Waals surface area contributed by atoms with Gasteiger partial charge in [-0.05, 0) is 48.2 Å². The Bertz CT molecular complexity index is 942. The van der Waals surface area contributed by atoms with Gasteiger partial charge in [0.25, 0.3) is 5.91 Å². The largest absolute Gasteiger partial charge is 0.338 e. The fourth-order valence-corrected chi connectivity index (χ4v) is 4.08. The van der Waals surface area contributed by atoms with Crippen LogP contribution in [0.15, 0.2) is 48.5 Å². The quantitative estimate of drug-likeness (QED) is 0.874. The summed E-state index contributed by atoms with van der Waals surface area (Å²) in [5.41, 5.74) is 3.59. The van der Waals surface area contributed by atoms with Crippen molar-refractivity contribution < 1.29 is 14.4 Å². The van der Waals surface area contributed by atoms with E-state index in [0.717, 1.165) is 29.7 Å². The van der Waals surface area contributed by atoms with Crippen LogP contribution in [0, 0.1) is 5.92 Å². The number of nitrogens with zero attached hydrogens (tertiary/aromatic N) is 2. The molecule has 3 amide bonds. The molecule has 0 aromatic heterocycles. The highest BCUT2D eigenvalue weighted by Crippen LogP contribution is 2.27. The fraction of sp³-hybridized carbons (Fsp3) is 0.348. The Morgan fingerprint density at radius 1 is 0.966 bits per heavy atom. The predicted molar refractivity (Wildman–Crippen MR) is 110 cm³/mol. The molecule has 150 valence electrons. The molecule has 0 bridgehead atoms. The summed E-state index contributed by atoms with van der Waals surface area (Å²) in [4.78, 5) is 40.7. The third-order valence-electron chi connectivity index (χ3n) is 5.74. The van der Waals surface area contributed by atoms with Crippen molar-refractivity contribution in [3.63, 3.8) is 0 Å². The van der Waals surface area contributed by atoms with E-state index in [4.69, 9.17) is 0 Å². The zero-order chi connectivity index (χ0) is 20.4. The summed E-state index contributed by atoms with van der Waals surface area (Å²) >= 11 is 0. The van der Waals surface area contributed by atoms with Gasteiger partial charge in [-0.15, -0.1) is 0 Å². The number of rotatable bonds is 3. The zero-order valence-corrected chi connectivity index (χ0v) is 16.6. The van der Waals surface area contributed by atoms with Gasteiger partial charge in [0.15, 0.2) is 0 Å². The van der Waals surface area contributed by atoms with E-state index in [-0.39, 0.29) is 23.6 Å². The van der Waals surface area contributed by atoms with E-state index in [9.17, 15) is 14.4 Å². The minimum absolute atomic E-state index is 0.0232. The average Bonchev–Trinajstić information content (AvgIpc) is 3.18. The molecule has 2 heterocycles. The Morgan fingerprint density at radius 3 is 2.48 bits per heavy atom. The fourth-order valence-electron chi connectivity index (χ4n) is 4.08. The third-order valence-corrected chi connectivity index (χ3v) is 5.74. The number of piperidine rings is 1. The van der Waals surface area contributed by atoms with Gasteiger partial charge >= 0.3 is 0 Å². The summed E-state index contributed by atoms with van der Waals surface area (Å²) in [5, 5.41) is 3.00. The topological polar surface area (TPSA) is 69.7 Å². The van der Waals surface area contributed by atoms with Gasteiger partial charge in [-0.1, -0.05) is 24.3 Å². The number of benzene rings is 2. The molecule has 2 aromatic carbocycles. The number of hydrogen-bond acceptors (Lipinski definition) is 3. The molecule has 6 nitrogen and oxygen atoms in total. The molecule has 0 radical (unpaired) electrons. The first-order valence-electron chi connectivity index (χ1n) is 10.0. The smallest absolute Gasteiger partial charge is 0.253 e. The van der Waals surface area contributed by atoms with Gasteiger partial charge in [0, 0.05) is 44.4 Å². The molecular weight excluding hydrogens is 366 g/mol. The van der Waals surface area contributed by atoms with Crippen LogP contribution in [0.1, 0.15) is 41.3 Å². The van der Waals surface area contributed by atoms with Crippen LogP contribution in [0.2, 0.25) is 0 Å². The molecule has 0 saturated carbocycles. The predicted octanol–water partition coefficient (Wildman–Crippen LogP) is 3.04. The maximum absolute atomic E-state index is 12.8. The first-order chi connectivity index (χ1) is 14.0. The lowest BCUT2D eigenvalue weighted by Gasteiger charge is -2.32. The molecule has 0 spiro atoms. The summed E-state index contributed by atoms with van der Waals surface area (Å²) in [6.45, 7) is 3.88. The van der Waals surface area contributed by atoms with E-state index in [1.807, 2.05) is 36.4 Å². The summed E-state index contributed by atoms with van der Waals surface area (Å²) < 4.78 is 0. The lowest BCUT2D eigenvalue weighted by molar-refractivity contribution is -0.129. The van der Waals surface area contributed by atoms with Crippen LogP contribution in [0.5, 0.6) is 0 Å². The standard InChI is InChI=1S/C23H25N3O3/c1-16(27)26-13-18-9-10-21(12-20(18)15-26)24-22(28)19-8-5-11-25(14-19)23(29)17-6-3-2-4-7-17/h2-4,6-7,9-10,12,19H,5,8,11,13-15H2,1H3,(H,24,28). The molecule has 2 aliphatic rings. The van der Waals surface area contributed by atoms with Gasteiger partial charge in [-0.25, -0.2) is 0 Å². The first kappa shape index (κ1) is 19.2. The second kappa shape index (κ2) is 8.07. The second-order valence-electron chi connectivity index (χ2n) is 7.80. The summed E-state index contributed by atoms with van der Waals surface area (Å²) in [6, 6.07) is 15.0. The van der Waals surface area contributed by atoms with Crippen LogP contribution in [-0.4, -0.2) is 40.6 Å². The minimum atomic E-state index is -0.224. The molecule has 1 unspecified atom stereocenters. The Kier molecular flexibility index (Phi) is 5.34. The second-order valence-corrected chi connectivity index (χ2v) is 7.80. The molecule has 4 rings (SSSR count). The van der Waals surface area contributed by atoms with E-state index in [0.29, 0.717) is 31.7 Å². The van der Waals surface area contributed by atoms with Gasteiger partial charge in [-0.2, -0.15) is 0 Å². The van der Waals surface area contributed by atoms with E-state index < -0.39 is 0 Å². The lowest BCUT2D eigenvalue weighted by atomic mass is 9.96. The molecule has 6 heteroatoms. The van der Waals surface area contributed by atoms with Crippen LogP contribution in [0.3, 0.4) is 0 Å². The number of anilines is 1. The van der Waals surface area contributed by atoms with E-state index in [1.165, 1.54) is 0 Å². The van der Waals surface area contributed by atoms with Crippen molar-refractivity contribution in [1.29, 1.82) is 0 Å². The van der Waals surface area contributed by atoms with Gasteiger partial charge in [0.05, 0.1) is 5.92 Å². The normalized spacial score (nSPS) is 18.3. The molecule has 1 saturated heterocycles. The molecule has 2 aliphatic heterocycles. The van der Waals surface area contributed by atoms with Crippen molar-refractivity contribution in [1.82, 2.24) is 9.80 Å². The average molecular weight is 391 g/mol. The number of hydrogen-bond donors (Lipinski definition) is 1. The van der Waals surface area contributed by atoms with Crippen molar-refractivity contribution in [3.05, 3.63) is 65.2 Å². The minimum Gasteiger partial charge on any atom is -0.338 e. The van der Waals surface area contributed by atoms with Crippen LogP contribution in [-0.2, 0) is 22.7 Å². The number of amides is 3. The number of likely N-dealkylation sites (tertiary alicyclic amines) is 1. The van der Waals surface area contributed by atoms with E-state index >= 15 is 0 Å². The Balaban J connectivity index is 1.40. The van der Waals surface area contributed by atoms with Crippen molar-refractivity contribution in [2.45, 2.75) is 32.9 Å². The SMILES string of the molecule is CC(=O)N1Cc2ccc(NC(=O)C3CCCN(C(=O)c4ccccc4)C3)cc2C1. The van der Waals surface area contributed by atoms with Crippen molar-refractivity contribution in [3.8, 4) is 0 Å². The van der Waals surface area contributed by atoms with Crippen LogP contribution >= 0.6 is 0 Å². The Hall–Kier alpha value is -3.15. The zero-order valence-electron chi connectivity index (χ0n) is 16.6. The highest BCUT2D eigenvalue weighted by atomic mass is 16.2. The molecular formula is C23H25N3O3. The lowest BCUT2D eigenvalue weighted by Crippen LogP contribution is -2.43. The molecule has 1 N–H and O–H groups in total. The summed E-state index contributed by atoms with van der Waals surface area (Å²) in [6.07, 6.45) is 1.59. The number of fused-ring (bicyclic) bond motifs is 1. The monoisotopic (exact) mass is 391 g/mol. The van der Waals surface area contributed by atoms with Crippen molar-refractivity contribution in [2.24, 2.45) is 5.92 Å². The van der Waals surface area contributed by atoms with Gasteiger partial charge < -0.3 is 15.1 Å². The Labute approximate surface area is 170 Å². The van der Waals surface area contributed by atoms with Crippen LogP contribution in [0.4, 0.5) is 5.69 Å². The highest BCUT2D eigenvalue weighted by Gasteiger charge is 2.29. The van der Waals surface area contributed by atoms with Gasteiger partial charge in [0.2, 0.25) is 11.8 Å². The number of carbonyl (C=O) groups is 3. The molecule has 1 atom stereocenters. The molecule has 0 aliphatic carbocycles. The maximum atomic E-state index is 12.8. The van der Waals surface area contributed by atoms with Gasteiger partial charge in [-0.3, -0.25) is 14.4 Å². The van der Waals surface area contributed by atoms with Crippen molar-refractivity contribution in [2.75, 3.05) is 18.4 Å². The molecule has 2 aromatic rings. The highest BCUT2D eigenvalue weighted by molar-refractivity contribution is 5.96. The summed E-state index contributed by atoms with van der Waals surface area (Å²) in [5.74, 6) is -0.252. The Morgan fingerprint density at radius 2 is 1.72 bits per heavy atom. The molecule has 1 fully saturated rings. The number of carbonyl (C=O) groups excluding carboxylic acids is 3. The van der Waals surface area contributed by atoms with Crippen LogP contribution in [0.25, 0.3) is 0 Å². The van der Waals surface area contributed by atoms with Crippen molar-refractivity contribution >= 4 is 23.4 Å². The first-order valence-corrected chi connectivity index (χ1v) is 10.0. The van der Waals surface area contributed by atoms with E-state index in [1.54, 1.807) is 28.9 Å². The summed E-state index contributed by atoms with van der Waals surface area (Å²) in [7, 11) is 0. The molecule has 29 heavy (non-hydrogen) atoms. The number of nitrogens with one attached hydrogen (secondary N) is 1. The maximum Gasteiger partial charge on any atom is 0.253 e. The van der Waals surface area contributed by atoms with Gasteiger partial charge in [0.1, 0.15) is 0 Å². The van der Waals surface area contributed by atoms with E-state index in [2.05, 4.69) is 5.32 Å². The van der Waals surface area contributed by atoms with Crippen LogP contribution < -0.4 is 5.32 Å². The third kappa shape index (κ3) is 4.16.